The van der Waals surface area contributed by atoms with Crippen molar-refractivity contribution in [1.82, 2.24) is 0 Å². The predicted molar refractivity (Wildman–Crippen MR) is 37.3 cm³/mol. The van der Waals surface area contributed by atoms with Gasteiger partial charge in [-0.15, -0.1) is 0 Å². The molecule has 17 heavy (non-hydrogen) atoms. The van der Waals surface area contributed by atoms with Crippen LogP contribution in [0.2, 0.25) is 0 Å². The van der Waals surface area contributed by atoms with E-state index < -0.39 is 7.82 Å². The van der Waals surface area contributed by atoms with Gasteiger partial charge in [0.1, 0.15) is 0 Å². The minimum atomic E-state index is -4.64. The molecule has 0 saturated carbocycles. The van der Waals surface area contributed by atoms with Crippen molar-refractivity contribution >= 4 is 159 Å². The summed E-state index contributed by atoms with van der Waals surface area (Å²) < 4.78 is 8.88. The van der Waals surface area contributed by atoms with Gasteiger partial charge in [-0.1, -0.05) is 0 Å². The molecule has 96 valence electrons. The van der Waals surface area contributed by atoms with Gasteiger partial charge < -0.3 is 52.3 Å². The van der Waals surface area contributed by atoms with Crippen LogP contribution >= 0.6 is 7.82 Å². The summed E-state index contributed by atoms with van der Waals surface area (Å²) in [6, 6.07) is 0. The first kappa shape index (κ1) is 124. The first-order valence-electron chi connectivity index (χ1n) is 0.783. The molecule has 0 unspecified atom stereocenters. The van der Waals surface area contributed by atoms with Crippen LogP contribution in [0.5, 0.6) is 0 Å². The smallest absolute Gasteiger partial charge is 1.00 e. The van der Waals surface area contributed by atoms with Gasteiger partial charge in [-0.05, 0) is 0 Å². The molecule has 0 heterocycles. The van der Waals surface area contributed by atoms with Gasteiger partial charge in [-0.25, -0.2) is 4.57 Å². The molecule has 0 spiro atoms. The van der Waals surface area contributed by atoms with E-state index in [9.17, 15) is 0 Å². The van der Waals surface area contributed by atoms with Gasteiger partial charge in [0, 0.05) is 0 Å². The van der Waals surface area contributed by atoms with E-state index in [2.05, 4.69) is 0 Å². The molecule has 0 bridgehead atoms. The molecule has 0 aromatic carbocycles. The second-order valence-corrected chi connectivity index (χ2v) is 1.54. The van der Waals surface area contributed by atoms with Crippen LogP contribution in [0, 0.1) is 0 Å². The Morgan fingerprint density at radius 3 is 0.471 bits per heavy atom. The number of phosphoric acid groups is 1. The van der Waals surface area contributed by atoms with E-state index in [4.69, 9.17) is 19.2 Å². The van der Waals surface area contributed by atoms with E-state index in [1.54, 1.807) is 0 Å². The third kappa shape index (κ3) is 338. The van der Waals surface area contributed by atoms with E-state index in [1.165, 1.54) is 0 Å². The predicted octanol–water partition coefficient (Wildman–Crippen LogP) is -26.4. The molecule has 0 aliphatic carbocycles. The van der Waals surface area contributed by atoms with Gasteiger partial charge in [0.05, 0.1) is 0 Å². The molecule has 0 aliphatic rings. The van der Waals surface area contributed by atoms with E-state index in [0.717, 1.165) is 0 Å². The Balaban J connectivity index is -0.00000000121. The Labute approximate surface area is 211 Å². The standard InChI is InChI=1S/4Ca.8FH.H3O4P/c;;;;;;;;;;;;1-5(2,3)4/h;;;;8*1H;(H3,1,2,3,4)/q4*+2;;;;;;;;;/p-8. The van der Waals surface area contributed by atoms with Gasteiger partial charge in [0.15, 0.2) is 0 Å². The zero-order chi connectivity index (χ0) is 4.50. The second kappa shape index (κ2) is 70.5. The van der Waals surface area contributed by atoms with E-state index >= 15 is 0 Å². The average Bonchev–Trinajstić information content (AvgIpc) is 0.722. The van der Waals surface area contributed by atoms with Crippen molar-refractivity contribution in [2.75, 3.05) is 0 Å². The van der Waals surface area contributed by atoms with Crippen LogP contribution in [0.4, 0.5) is 0 Å². The Morgan fingerprint density at radius 1 is 0.471 bits per heavy atom. The molecule has 0 saturated heterocycles. The summed E-state index contributed by atoms with van der Waals surface area (Å²) in [4.78, 5) is 21.6. The number of rotatable bonds is 0. The van der Waals surface area contributed by atoms with Crippen LogP contribution in [0.3, 0.4) is 0 Å². The van der Waals surface area contributed by atoms with Crippen LogP contribution in [0.1, 0.15) is 0 Å². The van der Waals surface area contributed by atoms with Crippen LogP contribution in [0.25, 0.3) is 0 Å². The molecule has 3 N–H and O–H groups in total. The average molecular weight is 410 g/mol. The molecule has 0 aromatic rings. The number of halogens is 8. The third-order valence-electron chi connectivity index (χ3n) is 0. The Hall–Kier alpha value is 4.59. The van der Waals surface area contributed by atoms with Crippen molar-refractivity contribution in [3.05, 3.63) is 0 Å². The molecular formula is H3Ca4F8O4P. The molecule has 17 heteroatoms. The minimum Gasteiger partial charge on any atom is -1.00 e. The van der Waals surface area contributed by atoms with Crippen molar-refractivity contribution in [3.63, 3.8) is 0 Å². The van der Waals surface area contributed by atoms with Gasteiger partial charge in [-0.3, -0.25) is 0 Å². The Kier molecular flexibility index (Phi) is 514. The maximum Gasteiger partial charge on any atom is 2.00 e. The summed E-state index contributed by atoms with van der Waals surface area (Å²) in [5.74, 6) is 0. The summed E-state index contributed by atoms with van der Waals surface area (Å²) in [6.07, 6.45) is 0. The first-order valence-corrected chi connectivity index (χ1v) is 2.35. The zero-order valence-electron chi connectivity index (χ0n) is 8.05. The fourth-order valence-electron chi connectivity index (χ4n) is 0. The quantitative estimate of drug-likeness (QED) is 0.211. The van der Waals surface area contributed by atoms with E-state index in [-0.39, 0.29) is 189 Å². The van der Waals surface area contributed by atoms with E-state index in [1.807, 2.05) is 0 Å². The van der Waals surface area contributed by atoms with Gasteiger partial charge >= 0.3 is 159 Å². The zero-order valence-corrected chi connectivity index (χ0v) is 17.8. The molecule has 0 fully saturated rings. The van der Waals surface area contributed by atoms with Crippen LogP contribution in [-0.4, -0.2) is 166 Å². The summed E-state index contributed by atoms with van der Waals surface area (Å²) in [5.41, 5.74) is 0. The fraction of sp³-hybridized carbons (Fsp3) is 0. The summed E-state index contributed by atoms with van der Waals surface area (Å²) in [6.45, 7) is 0. The van der Waals surface area contributed by atoms with Crippen LogP contribution < -0.4 is 37.6 Å². The maximum atomic E-state index is 8.88. The van der Waals surface area contributed by atoms with Gasteiger partial charge in [-0.2, -0.15) is 0 Å². The maximum absolute atomic E-state index is 8.88. The van der Waals surface area contributed by atoms with Crippen LogP contribution in [0.15, 0.2) is 0 Å². The first-order chi connectivity index (χ1) is 2.00. The summed E-state index contributed by atoms with van der Waals surface area (Å²) in [5, 5.41) is 0. The molecule has 4 nitrogen and oxygen atoms in total. The summed E-state index contributed by atoms with van der Waals surface area (Å²) >= 11 is 0. The van der Waals surface area contributed by atoms with Gasteiger partial charge in [0.25, 0.3) is 0 Å². The SMILES string of the molecule is O=P(O)(O)O.[Ca+2].[Ca+2].[Ca+2].[Ca+2].[F-].[F-].[F-].[F-].[F-].[F-].[F-].[F-]. The number of hydrogen-bond acceptors (Lipinski definition) is 1. The third-order valence-corrected chi connectivity index (χ3v) is 0. The molecule has 0 aliphatic heterocycles. The second-order valence-electron chi connectivity index (χ2n) is 0.513. The van der Waals surface area contributed by atoms with Crippen LogP contribution in [-0.2, 0) is 4.57 Å². The molecule has 0 aromatic heterocycles. The molecule has 0 radical (unpaired) electrons. The summed E-state index contributed by atoms with van der Waals surface area (Å²) in [7, 11) is -4.64. The minimum absolute atomic E-state index is 0. The normalized spacial score (nSPS) is 3.47. The molecular weight excluding hydrogens is 407 g/mol. The van der Waals surface area contributed by atoms with Crippen molar-refractivity contribution in [2.45, 2.75) is 0 Å². The Morgan fingerprint density at radius 2 is 0.471 bits per heavy atom. The van der Waals surface area contributed by atoms with Crippen molar-refractivity contribution in [1.29, 1.82) is 0 Å². The largest absolute Gasteiger partial charge is 2.00 e. The van der Waals surface area contributed by atoms with E-state index in [0.29, 0.717) is 0 Å². The molecule has 0 rings (SSSR count). The molecule has 0 amide bonds. The molecule has 0 atom stereocenters. The van der Waals surface area contributed by atoms with Crippen molar-refractivity contribution in [3.8, 4) is 0 Å². The fourth-order valence-corrected chi connectivity index (χ4v) is 0. The number of hydrogen-bond donors (Lipinski definition) is 3. The monoisotopic (exact) mass is 410 g/mol. The van der Waals surface area contributed by atoms with Crippen molar-refractivity contribution < 1.29 is 56.9 Å². The Bertz CT molecular complexity index is 75.7. The van der Waals surface area contributed by atoms with Gasteiger partial charge in [0.2, 0.25) is 0 Å². The topological polar surface area (TPSA) is 77.8 Å². The van der Waals surface area contributed by atoms with Crippen molar-refractivity contribution in [2.24, 2.45) is 0 Å².